The molecule has 0 saturated heterocycles. The first-order valence-corrected chi connectivity index (χ1v) is 8.89. The van der Waals surface area contributed by atoms with E-state index in [4.69, 9.17) is 0 Å². The smallest absolute Gasteiger partial charge is 0.253 e. The maximum Gasteiger partial charge on any atom is 0.253 e. The first kappa shape index (κ1) is 18.1. The molecule has 0 radical (unpaired) electrons. The Labute approximate surface area is 152 Å². The lowest BCUT2D eigenvalue weighted by atomic mass is 10.1. The van der Waals surface area contributed by atoms with Crippen molar-refractivity contribution in [2.45, 2.75) is 26.2 Å². The van der Waals surface area contributed by atoms with E-state index in [1.54, 1.807) is 36.4 Å². The molecule has 2 amide bonds. The van der Waals surface area contributed by atoms with Crippen molar-refractivity contribution in [1.29, 1.82) is 0 Å². The largest absolute Gasteiger partial charge is 0.352 e. The molecule has 2 aromatic carbocycles. The number of nitrogens with one attached hydrogen (secondary N) is 2. The molecule has 0 spiro atoms. The standard InChI is InChI=1S/C21H23FN2O2/c1-13(2)12-23-20(25)16-5-3-4-6-19(16)24-21(26)18-11-17(18)14-7-9-15(22)10-8-14/h3-10,13,17-18H,11-12H2,1-2H3,(H,23,25)(H,24,26). The van der Waals surface area contributed by atoms with E-state index in [2.05, 4.69) is 10.6 Å². The predicted octanol–water partition coefficient (Wildman–Crippen LogP) is 3.95. The highest BCUT2D eigenvalue weighted by Gasteiger charge is 2.44. The number of carbonyl (C=O) groups excluding carboxylic acids is 2. The number of halogens is 1. The van der Waals surface area contributed by atoms with Crippen LogP contribution in [0.4, 0.5) is 10.1 Å². The van der Waals surface area contributed by atoms with Gasteiger partial charge in [0.05, 0.1) is 11.3 Å². The van der Waals surface area contributed by atoms with Crippen LogP contribution in [0.3, 0.4) is 0 Å². The average molecular weight is 354 g/mol. The first-order valence-electron chi connectivity index (χ1n) is 8.89. The Balaban J connectivity index is 1.65. The van der Waals surface area contributed by atoms with Crippen molar-refractivity contribution >= 4 is 17.5 Å². The molecule has 1 fully saturated rings. The number of hydrogen-bond donors (Lipinski definition) is 2. The average Bonchev–Trinajstić information content (AvgIpc) is 3.41. The summed E-state index contributed by atoms with van der Waals surface area (Å²) in [5.74, 6) is -0.269. The fourth-order valence-corrected chi connectivity index (χ4v) is 2.97. The van der Waals surface area contributed by atoms with Gasteiger partial charge in [-0.25, -0.2) is 4.39 Å². The highest BCUT2D eigenvalue weighted by molar-refractivity contribution is 6.04. The van der Waals surface area contributed by atoms with E-state index in [1.807, 2.05) is 13.8 Å². The second-order valence-electron chi connectivity index (χ2n) is 7.14. The number of hydrogen-bond acceptors (Lipinski definition) is 2. The summed E-state index contributed by atoms with van der Waals surface area (Å²) in [6, 6.07) is 13.3. The molecule has 1 aliphatic carbocycles. The summed E-state index contributed by atoms with van der Waals surface area (Å²) in [4.78, 5) is 24.9. The fourth-order valence-electron chi connectivity index (χ4n) is 2.97. The highest BCUT2D eigenvalue weighted by atomic mass is 19.1. The molecule has 0 aromatic heterocycles. The monoisotopic (exact) mass is 354 g/mol. The van der Waals surface area contributed by atoms with Crippen LogP contribution in [0, 0.1) is 17.7 Å². The lowest BCUT2D eigenvalue weighted by Crippen LogP contribution is -2.28. The molecule has 2 unspecified atom stereocenters. The number of anilines is 1. The molecule has 2 atom stereocenters. The molecule has 2 N–H and O–H groups in total. The molecule has 1 aliphatic rings. The summed E-state index contributed by atoms with van der Waals surface area (Å²) < 4.78 is 13.0. The Kier molecular flexibility index (Phi) is 5.35. The summed E-state index contributed by atoms with van der Waals surface area (Å²) in [7, 11) is 0. The van der Waals surface area contributed by atoms with Crippen molar-refractivity contribution in [3.63, 3.8) is 0 Å². The molecular weight excluding hydrogens is 331 g/mol. The van der Waals surface area contributed by atoms with Gasteiger partial charge in [-0.05, 0) is 48.1 Å². The normalized spacial score (nSPS) is 18.5. The summed E-state index contributed by atoms with van der Waals surface area (Å²) in [5, 5.41) is 5.75. The van der Waals surface area contributed by atoms with Crippen LogP contribution in [0.25, 0.3) is 0 Å². The van der Waals surface area contributed by atoms with Crippen LogP contribution in [0.2, 0.25) is 0 Å². The van der Waals surface area contributed by atoms with E-state index in [1.165, 1.54) is 12.1 Å². The van der Waals surface area contributed by atoms with Crippen molar-refractivity contribution in [2.75, 3.05) is 11.9 Å². The molecule has 0 aliphatic heterocycles. The van der Waals surface area contributed by atoms with Crippen LogP contribution in [0.5, 0.6) is 0 Å². The topological polar surface area (TPSA) is 58.2 Å². The molecule has 3 rings (SSSR count). The Bertz CT molecular complexity index is 802. The Morgan fingerprint density at radius 2 is 1.81 bits per heavy atom. The van der Waals surface area contributed by atoms with Crippen LogP contribution in [-0.4, -0.2) is 18.4 Å². The van der Waals surface area contributed by atoms with Gasteiger partial charge in [-0.15, -0.1) is 0 Å². The third kappa shape index (κ3) is 4.28. The van der Waals surface area contributed by atoms with Gasteiger partial charge in [-0.3, -0.25) is 9.59 Å². The minimum atomic E-state index is -0.281. The molecule has 2 aromatic rings. The Morgan fingerprint density at radius 3 is 2.50 bits per heavy atom. The lowest BCUT2D eigenvalue weighted by Gasteiger charge is -2.12. The number of rotatable bonds is 6. The van der Waals surface area contributed by atoms with Crippen LogP contribution >= 0.6 is 0 Å². The molecule has 0 heterocycles. The van der Waals surface area contributed by atoms with Crippen molar-refractivity contribution < 1.29 is 14.0 Å². The quantitative estimate of drug-likeness (QED) is 0.825. The third-order valence-electron chi connectivity index (χ3n) is 4.53. The van der Waals surface area contributed by atoms with Gasteiger partial charge in [0.1, 0.15) is 5.82 Å². The van der Waals surface area contributed by atoms with E-state index < -0.39 is 0 Å². The van der Waals surface area contributed by atoms with Crippen LogP contribution in [0.15, 0.2) is 48.5 Å². The molecule has 5 heteroatoms. The van der Waals surface area contributed by atoms with Crippen LogP contribution in [-0.2, 0) is 4.79 Å². The molecular formula is C21H23FN2O2. The molecule has 26 heavy (non-hydrogen) atoms. The predicted molar refractivity (Wildman–Crippen MR) is 99.5 cm³/mol. The van der Waals surface area contributed by atoms with Gasteiger partial charge in [0.25, 0.3) is 5.91 Å². The van der Waals surface area contributed by atoms with Crippen LogP contribution < -0.4 is 10.6 Å². The first-order chi connectivity index (χ1) is 12.5. The summed E-state index contributed by atoms with van der Waals surface area (Å²) in [6.07, 6.45) is 0.735. The number of benzene rings is 2. The van der Waals surface area contributed by atoms with Gasteiger partial charge in [-0.2, -0.15) is 0 Å². The number of carbonyl (C=O) groups is 2. The second kappa shape index (κ2) is 7.68. The van der Waals surface area contributed by atoms with Crippen molar-refractivity contribution in [1.82, 2.24) is 5.32 Å². The van der Waals surface area contributed by atoms with Gasteiger partial charge in [0, 0.05) is 12.5 Å². The van der Waals surface area contributed by atoms with Gasteiger partial charge >= 0.3 is 0 Å². The van der Waals surface area contributed by atoms with Gasteiger partial charge in [-0.1, -0.05) is 38.1 Å². The van der Waals surface area contributed by atoms with E-state index in [9.17, 15) is 14.0 Å². The zero-order chi connectivity index (χ0) is 18.7. The minimum absolute atomic E-state index is 0.108. The Morgan fingerprint density at radius 1 is 1.12 bits per heavy atom. The van der Waals surface area contributed by atoms with Gasteiger partial charge in [0.2, 0.25) is 5.91 Å². The zero-order valence-corrected chi connectivity index (χ0v) is 15.0. The van der Waals surface area contributed by atoms with Gasteiger partial charge < -0.3 is 10.6 Å². The summed E-state index contributed by atoms with van der Waals surface area (Å²) in [6.45, 7) is 4.63. The molecule has 136 valence electrons. The summed E-state index contributed by atoms with van der Waals surface area (Å²) >= 11 is 0. The highest BCUT2D eigenvalue weighted by Crippen LogP contribution is 2.48. The molecule has 1 saturated carbocycles. The maximum atomic E-state index is 13.0. The van der Waals surface area contributed by atoms with E-state index in [0.717, 1.165) is 12.0 Å². The second-order valence-corrected chi connectivity index (χ2v) is 7.14. The minimum Gasteiger partial charge on any atom is -0.352 e. The van der Waals surface area contributed by atoms with E-state index in [0.29, 0.717) is 23.7 Å². The Hall–Kier alpha value is -2.69. The van der Waals surface area contributed by atoms with Crippen molar-refractivity contribution in [3.8, 4) is 0 Å². The van der Waals surface area contributed by atoms with Crippen molar-refractivity contribution in [3.05, 3.63) is 65.5 Å². The van der Waals surface area contributed by atoms with Crippen molar-refractivity contribution in [2.24, 2.45) is 11.8 Å². The lowest BCUT2D eigenvalue weighted by molar-refractivity contribution is -0.117. The van der Waals surface area contributed by atoms with Crippen LogP contribution in [0.1, 0.15) is 42.1 Å². The molecule has 0 bridgehead atoms. The van der Waals surface area contributed by atoms with E-state index >= 15 is 0 Å². The van der Waals surface area contributed by atoms with Gasteiger partial charge in [0.15, 0.2) is 0 Å². The zero-order valence-electron chi connectivity index (χ0n) is 15.0. The SMILES string of the molecule is CC(C)CNC(=O)c1ccccc1NC(=O)C1CC1c1ccc(F)cc1. The number of para-hydroxylation sites is 1. The molecule has 4 nitrogen and oxygen atoms in total. The third-order valence-corrected chi connectivity index (χ3v) is 4.53. The van der Waals surface area contributed by atoms with E-state index in [-0.39, 0.29) is 29.5 Å². The maximum absolute atomic E-state index is 13.0. The number of amides is 2. The summed E-state index contributed by atoms with van der Waals surface area (Å²) in [5.41, 5.74) is 1.94. The fraction of sp³-hybridized carbons (Fsp3) is 0.333.